The van der Waals surface area contributed by atoms with Crippen molar-refractivity contribution in [2.45, 2.75) is 38.4 Å². The monoisotopic (exact) mass is 320 g/mol. The van der Waals surface area contributed by atoms with E-state index in [1.165, 1.54) is 10.7 Å². The molecule has 0 aromatic carbocycles. The third kappa shape index (κ3) is 2.72. The van der Waals surface area contributed by atoms with Crippen molar-refractivity contribution in [3.05, 3.63) is 23.3 Å². The van der Waals surface area contributed by atoms with E-state index >= 15 is 0 Å². The maximum atomic E-state index is 14.3. The smallest absolute Gasteiger partial charge is 0.241 e. The Morgan fingerprint density at radius 1 is 1.52 bits per heavy atom. The first-order valence-corrected chi connectivity index (χ1v) is 7.61. The van der Waals surface area contributed by atoms with E-state index < -0.39 is 12.0 Å². The van der Waals surface area contributed by atoms with Crippen LogP contribution >= 0.6 is 0 Å². The Balaban J connectivity index is 2.01. The van der Waals surface area contributed by atoms with Crippen LogP contribution in [0.1, 0.15) is 37.4 Å². The normalized spacial score (nSPS) is 21.6. The van der Waals surface area contributed by atoms with Gasteiger partial charge in [0.05, 0.1) is 17.9 Å². The highest BCUT2D eigenvalue weighted by atomic mass is 19.1. The molecule has 1 fully saturated rings. The predicted octanol–water partition coefficient (Wildman–Crippen LogP) is 1.98. The van der Waals surface area contributed by atoms with Gasteiger partial charge in [0.2, 0.25) is 5.95 Å². The quantitative estimate of drug-likeness (QED) is 0.904. The van der Waals surface area contributed by atoms with Crippen LogP contribution in [0.3, 0.4) is 0 Å². The van der Waals surface area contributed by atoms with Gasteiger partial charge in [-0.15, -0.1) is 5.10 Å². The standard InChI is InChI=1S/C15H18F2N6/c1-8(2)14-9(5-18)13(17)12-7-20-15(22-23(12)14)21-11-3-4-19-6-10(11)16/h7-8,10-11,19H,3-4,6H2,1-2H3,(H,21,22)/t10-,11-/m1/s1. The molecule has 2 N–H and O–H groups in total. The topological polar surface area (TPSA) is 78.0 Å². The summed E-state index contributed by atoms with van der Waals surface area (Å²) in [6.07, 6.45) is 0.901. The van der Waals surface area contributed by atoms with Gasteiger partial charge in [-0.05, 0) is 18.9 Å². The Bertz CT molecular complexity index is 763. The summed E-state index contributed by atoms with van der Waals surface area (Å²) in [5.74, 6) is -0.473. The number of rotatable bonds is 3. The zero-order chi connectivity index (χ0) is 16.6. The molecule has 8 heteroatoms. The predicted molar refractivity (Wildman–Crippen MR) is 81.5 cm³/mol. The molecule has 3 heterocycles. The van der Waals surface area contributed by atoms with Crippen molar-refractivity contribution in [3.8, 4) is 6.07 Å². The summed E-state index contributed by atoms with van der Waals surface area (Å²) >= 11 is 0. The SMILES string of the molecule is CC(C)c1c(C#N)c(F)c2cnc(N[C@@H]3CCNC[C@H]3F)nn12. The van der Waals surface area contributed by atoms with Gasteiger partial charge in [0.25, 0.3) is 0 Å². The number of fused-ring (bicyclic) bond motifs is 1. The largest absolute Gasteiger partial charge is 0.347 e. The Morgan fingerprint density at radius 2 is 2.30 bits per heavy atom. The average molecular weight is 320 g/mol. The number of hydrogen-bond donors (Lipinski definition) is 2. The fraction of sp³-hybridized carbons (Fsp3) is 0.533. The molecule has 6 nitrogen and oxygen atoms in total. The summed E-state index contributed by atoms with van der Waals surface area (Å²) in [5.41, 5.74) is 0.627. The first kappa shape index (κ1) is 15.6. The minimum atomic E-state index is -1.04. The van der Waals surface area contributed by atoms with Crippen LogP contribution in [0.5, 0.6) is 0 Å². The van der Waals surface area contributed by atoms with Gasteiger partial charge in [-0.2, -0.15) is 5.26 Å². The molecule has 0 saturated carbocycles. The van der Waals surface area contributed by atoms with E-state index in [1.807, 2.05) is 19.9 Å². The van der Waals surface area contributed by atoms with Gasteiger partial charge in [0.15, 0.2) is 5.82 Å². The summed E-state index contributed by atoms with van der Waals surface area (Å²) in [7, 11) is 0. The second-order valence-electron chi connectivity index (χ2n) is 5.98. The molecule has 1 aliphatic rings. The van der Waals surface area contributed by atoms with E-state index in [1.54, 1.807) is 0 Å². The molecular formula is C15H18F2N6. The molecule has 0 radical (unpaired) electrons. The highest BCUT2D eigenvalue weighted by molar-refractivity contribution is 5.58. The van der Waals surface area contributed by atoms with Gasteiger partial charge in [-0.25, -0.2) is 18.3 Å². The van der Waals surface area contributed by atoms with Gasteiger partial charge in [0, 0.05) is 6.54 Å². The van der Waals surface area contributed by atoms with Crippen molar-refractivity contribution in [1.29, 1.82) is 5.26 Å². The first-order valence-electron chi connectivity index (χ1n) is 7.61. The fourth-order valence-corrected chi connectivity index (χ4v) is 2.89. The van der Waals surface area contributed by atoms with E-state index in [0.717, 1.165) is 0 Å². The van der Waals surface area contributed by atoms with Gasteiger partial charge in [0.1, 0.15) is 23.3 Å². The molecule has 1 aliphatic heterocycles. The number of nitrogens with zero attached hydrogens (tertiary/aromatic N) is 4. The van der Waals surface area contributed by atoms with Crippen LogP contribution < -0.4 is 10.6 Å². The summed E-state index contributed by atoms with van der Waals surface area (Å²) < 4.78 is 29.6. The number of anilines is 1. The highest BCUT2D eigenvalue weighted by Gasteiger charge is 2.26. The van der Waals surface area contributed by atoms with E-state index in [9.17, 15) is 14.0 Å². The summed E-state index contributed by atoms with van der Waals surface area (Å²) in [6, 6.07) is 1.51. The number of alkyl halides is 1. The van der Waals surface area contributed by atoms with Crippen molar-refractivity contribution in [3.63, 3.8) is 0 Å². The van der Waals surface area contributed by atoms with Crippen LogP contribution in [0.4, 0.5) is 14.7 Å². The van der Waals surface area contributed by atoms with Crippen molar-refractivity contribution < 1.29 is 8.78 Å². The highest BCUT2D eigenvalue weighted by Crippen LogP contribution is 2.27. The van der Waals surface area contributed by atoms with E-state index in [4.69, 9.17) is 0 Å². The molecule has 0 aliphatic carbocycles. The minimum absolute atomic E-state index is 0.0170. The van der Waals surface area contributed by atoms with Crippen LogP contribution in [0.15, 0.2) is 6.20 Å². The number of aromatic nitrogens is 3. The lowest BCUT2D eigenvalue weighted by molar-refractivity contribution is 0.244. The lowest BCUT2D eigenvalue weighted by Crippen LogP contribution is -2.45. The molecule has 0 spiro atoms. The van der Waals surface area contributed by atoms with Crippen LogP contribution in [-0.4, -0.2) is 39.9 Å². The number of piperidine rings is 1. The molecule has 3 rings (SSSR count). The Kier molecular flexibility index (Phi) is 4.13. The molecular weight excluding hydrogens is 302 g/mol. The second-order valence-corrected chi connectivity index (χ2v) is 5.98. The van der Waals surface area contributed by atoms with Gasteiger partial charge < -0.3 is 10.6 Å². The summed E-state index contributed by atoms with van der Waals surface area (Å²) in [4.78, 5) is 4.06. The molecule has 2 aromatic rings. The van der Waals surface area contributed by atoms with Gasteiger partial charge in [-0.1, -0.05) is 13.8 Å². The Labute approximate surface area is 132 Å². The minimum Gasteiger partial charge on any atom is -0.347 e. The zero-order valence-electron chi connectivity index (χ0n) is 13.0. The summed E-state index contributed by atoms with van der Waals surface area (Å²) in [5, 5.41) is 19.4. The van der Waals surface area contributed by atoms with Gasteiger partial charge in [-0.3, -0.25) is 0 Å². The van der Waals surface area contributed by atoms with E-state index in [2.05, 4.69) is 20.7 Å². The maximum Gasteiger partial charge on any atom is 0.241 e. The number of halogens is 2. The molecule has 0 bridgehead atoms. The first-order chi connectivity index (χ1) is 11.0. The number of nitriles is 1. The maximum absolute atomic E-state index is 14.3. The summed E-state index contributed by atoms with van der Waals surface area (Å²) in [6.45, 7) is 4.73. The van der Waals surface area contributed by atoms with Crippen molar-refractivity contribution in [2.75, 3.05) is 18.4 Å². The molecule has 2 atom stereocenters. The van der Waals surface area contributed by atoms with Crippen LogP contribution in [0.2, 0.25) is 0 Å². The van der Waals surface area contributed by atoms with Crippen LogP contribution in [0, 0.1) is 17.1 Å². The number of hydrogen-bond acceptors (Lipinski definition) is 5. The lowest BCUT2D eigenvalue weighted by Gasteiger charge is -2.27. The van der Waals surface area contributed by atoms with Crippen LogP contribution in [-0.2, 0) is 0 Å². The van der Waals surface area contributed by atoms with Crippen molar-refractivity contribution in [2.24, 2.45) is 0 Å². The fourth-order valence-electron chi connectivity index (χ4n) is 2.89. The van der Waals surface area contributed by atoms with Crippen LogP contribution in [0.25, 0.3) is 5.52 Å². The molecule has 1 saturated heterocycles. The molecule has 23 heavy (non-hydrogen) atoms. The molecule has 0 amide bonds. The molecule has 122 valence electrons. The molecule has 2 aromatic heterocycles. The Morgan fingerprint density at radius 3 is 2.96 bits per heavy atom. The van der Waals surface area contributed by atoms with Crippen molar-refractivity contribution >= 4 is 11.5 Å². The van der Waals surface area contributed by atoms with E-state index in [0.29, 0.717) is 18.7 Å². The zero-order valence-corrected chi connectivity index (χ0v) is 13.0. The lowest BCUT2D eigenvalue weighted by atomic mass is 10.1. The van der Waals surface area contributed by atoms with Gasteiger partial charge >= 0.3 is 0 Å². The third-order valence-corrected chi connectivity index (χ3v) is 4.04. The van der Waals surface area contributed by atoms with E-state index in [-0.39, 0.29) is 35.5 Å². The molecule has 0 unspecified atom stereocenters. The second kappa shape index (κ2) is 6.08. The van der Waals surface area contributed by atoms with Crippen molar-refractivity contribution in [1.82, 2.24) is 19.9 Å². The Hall–Kier alpha value is -2.27. The number of nitrogens with one attached hydrogen (secondary N) is 2. The average Bonchev–Trinajstić information content (AvgIpc) is 2.81. The third-order valence-electron chi connectivity index (χ3n) is 4.04.